The molecule has 0 aromatic carbocycles. The van der Waals surface area contributed by atoms with E-state index in [1.54, 1.807) is 17.7 Å². The number of nitrogens with zero attached hydrogens (tertiary/aromatic N) is 3. The van der Waals surface area contributed by atoms with Crippen molar-refractivity contribution in [2.75, 3.05) is 18.5 Å². The third-order valence-electron chi connectivity index (χ3n) is 2.16. The molecule has 15 heavy (non-hydrogen) atoms. The van der Waals surface area contributed by atoms with Crippen molar-refractivity contribution in [1.29, 1.82) is 0 Å². The molecule has 0 aliphatic carbocycles. The topological polar surface area (TPSA) is 55.0 Å². The van der Waals surface area contributed by atoms with Crippen molar-refractivity contribution < 1.29 is 0 Å². The molecule has 0 amide bonds. The quantitative estimate of drug-likeness (QED) is 0.854. The van der Waals surface area contributed by atoms with Crippen molar-refractivity contribution in [2.45, 2.75) is 13.0 Å². The predicted octanol–water partition coefficient (Wildman–Crippen LogP) is 1.47. The summed E-state index contributed by atoms with van der Waals surface area (Å²) in [7, 11) is 2.00. The van der Waals surface area contributed by atoms with Crippen LogP contribution in [0.25, 0.3) is 10.2 Å². The van der Waals surface area contributed by atoms with Gasteiger partial charge >= 0.3 is 0 Å². The van der Waals surface area contributed by atoms with Crippen LogP contribution in [0.1, 0.15) is 6.92 Å². The Balaban J connectivity index is 2.38. The Bertz CT molecular complexity index is 451. The Morgan fingerprint density at radius 2 is 2.33 bits per heavy atom. The molecule has 0 saturated heterocycles. The first-order valence-electron chi connectivity index (χ1n) is 4.83. The van der Waals surface area contributed by atoms with E-state index in [4.69, 9.17) is 5.73 Å². The van der Waals surface area contributed by atoms with Gasteiger partial charge in [-0.2, -0.15) is 0 Å². The molecule has 2 heterocycles. The standard InChI is InChI=1S/C10H14N4S/c1-7(11)5-14(2)9-8-3-4-15-10(8)13-6-12-9/h3-4,6-7H,5,11H2,1-2H3. The van der Waals surface area contributed by atoms with E-state index in [0.717, 1.165) is 22.6 Å². The minimum absolute atomic E-state index is 0.138. The first-order valence-corrected chi connectivity index (χ1v) is 5.71. The van der Waals surface area contributed by atoms with Crippen molar-refractivity contribution in [2.24, 2.45) is 5.73 Å². The van der Waals surface area contributed by atoms with E-state index in [2.05, 4.69) is 14.9 Å². The molecule has 1 unspecified atom stereocenters. The Hall–Kier alpha value is -1.20. The SMILES string of the molecule is CC(N)CN(C)c1ncnc2sccc12. The molecular weight excluding hydrogens is 208 g/mol. The number of thiophene rings is 1. The van der Waals surface area contributed by atoms with Crippen LogP contribution in [0.2, 0.25) is 0 Å². The molecule has 0 radical (unpaired) electrons. The maximum Gasteiger partial charge on any atom is 0.140 e. The molecule has 0 saturated carbocycles. The van der Waals surface area contributed by atoms with Crippen LogP contribution >= 0.6 is 11.3 Å². The van der Waals surface area contributed by atoms with Crippen LogP contribution in [0.3, 0.4) is 0 Å². The number of hydrogen-bond acceptors (Lipinski definition) is 5. The minimum Gasteiger partial charge on any atom is -0.357 e. The number of likely N-dealkylation sites (N-methyl/N-ethyl adjacent to an activating group) is 1. The van der Waals surface area contributed by atoms with Gasteiger partial charge in [0.15, 0.2) is 0 Å². The summed E-state index contributed by atoms with van der Waals surface area (Å²) < 4.78 is 0. The molecule has 0 fully saturated rings. The summed E-state index contributed by atoms with van der Waals surface area (Å²) in [5.74, 6) is 0.957. The largest absolute Gasteiger partial charge is 0.357 e. The molecule has 5 heteroatoms. The van der Waals surface area contributed by atoms with Gasteiger partial charge in [0.2, 0.25) is 0 Å². The summed E-state index contributed by atoms with van der Waals surface area (Å²) in [6.07, 6.45) is 1.60. The van der Waals surface area contributed by atoms with Gasteiger partial charge in [-0.3, -0.25) is 0 Å². The van der Waals surface area contributed by atoms with Crippen LogP contribution in [0.15, 0.2) is 17.8 Å². The number of nitrogens with two attached hydrogens (primary N) is 1. The average molecular weight is 222 g/mol. The van der Waals surface area contributed by atoms with Gasteiger partial charge in [0.1, 0.15) is 17.0 Å². The van der Waals surface area contributed by atoms with Gasteiger partial charge in [-0.25, -0.2) is 9.97 Å². The van der Waals surface area contributed by atoms with Crippen LogP contribution in [-0.4, -0.2) is 29.6 Å². The molecular formula is C10H14N4S. The second-order valence-electron chi connectivity index (χ2n) is 3.69. The van der Waals surface area contributed by atoms with Crippen LogP contribution in [0.5, 0.6) is 0 Å². The second-order valence-corrected chi connectivity index (χ2v) is 4.59. The van der Waals surface area contributed by atoms with E-state index < -0.39 is 0 Å². The monoisotopic (exact) mass is 222 g/mol. The first kappa shape index (κ1) is 10.3. The predicted molar refractivity (Wildman–Crippen MR) is 64.3 cm³/mol. The highest BCUT2D eigenvalue weighted by molar-refractivity contribution is 7.16. The number of aromatic nitrogens is 2. The van der Waals surface area contributed by atoms with E-state index in [1.165, 1.54) is 0 Å². The van der Waals surface area contributed by atoms with Gasteiger partial charge in [-0.1, -0.05) is 0 Å². The van der Waals surface area contributed by atoms with Gasteiger partial charge in [-0.15, -0.1) is 11.3 Å². The summed E-state index contributed by atoms with van der Waals surface area (Å²) in [4.78, 5) is 11.6. The summed E-state index contributed by atoms with van der Waals surface area (Å²) in [6, 6.07) is 2.19. The number of hydrogen-bond donors (Lipinski definition) is 1. The van der Waals surface area contributed by atoms with Crippen LogP contribution in [0.4, 0.5) is 5.82 Å². The summed E-state index contributed by atoms with van der Waals surface area (Å²) >= 11 is 1.63. The Labute approximate surface area is 92.8 Å². The molecule has 2 aromatic rings. The summed E-state index contributed by atoms with van der Waals surface area (Å²) in [5, 5.41) is 3.13. The van der Waals surface area contributed by atoms with Gasteiger partial charge in [0.05, 0.1) is 5.39 Å². The van der Waals surface area contributed by atoms with Crippen LogP contribution in [-0.2, 0) is 0 Å². The fourth-order valence-electron chi connectivity index (χ4n) is 1.60. The number of anilines is 1. The summed E-state index contributed by atoms with van der Waals surface area (Å²) in [5.41, 5.74) is 5.77. The second kappa shape index (κ2) is 4.12. The normalized spacial score (nSPS) is 13.0. The van der Waals surface area contributed by atoms with E-state index in [-0.39, 0.29) is 6.04 Å². The number of rotatable bonds is 3. The lowest BCUT2D eigenvalue weighted by molar-refractivity contribution is 0.713. The zero-order valence-corrected chi connectivity index (χ0v) is 9.66. The molecule has 2 N–H and O–H groups in total. The van der Waals surface area contributed by atoms with Crippen LogP contribution in [0, 0.1) is 0 Å². The van der Waals surface area contributed by atoms with Crippen molar-refractivity contribution in [3.05, 3.63) is 17.8 Å². The Morgan fingerprint density at radius 1 is 1.53 bits per heavy atom. The van der Waals surface area contributed by atoms with Gasteiger partial charge in [-0.05, 0) is 18.4 Å². The lowest BCUT2D eigenvalue weighted by Crippen LogP contribution is -2.33. The van der Waals surface area contributed by atoms with Gasteiger partial charge in [0, 0.05) is 19.6 Å². The van der Waals surface area contributed by atoms with Crippen molar-refractivity contribution >= 4 is 27.4 Å². The molecule has 2 aromatic heterocycles. The first-order chi connectivity index (χ1) is 7.18. The van der Waals surface area contributed by atoms with Crippen molar-refractivity contribution in [3.63, 3.8) is 0 Å². The van der Waals surface area contributed by atoms with Crippen molar-refractivity contribution in [3.8, 4) is 0 Å². The van der Waals surface area contributed by atoms with E-state index in [0.29, 0.717) is 0 Å². The minimum atomic E-state index is 0.138. The zero-order valence-electron chi connectivity index (χ0n) is 8.84. The smallest absolute Gasteiger partial charge is 0.140 e. The molecule has 1 atom stereocenters. The molecule has 80 valence electrons. The molecule has 0 bridgehead atoms. The molecule has 0 aliphatic rings. The van der Waals surface area contributed by atoms with E-state index >= 15 is 0 Å². The maximum atomic E-state index is 5.77. The molecule has 2 rings (SSSR count). The fourth-order valence-corrected chi connectivity index (χ4v) is 2.33. The highest BCUT2D eigenvalue weighted by atomic mass is 32.1. The summed E-state index contributed by atoms with van der Waals surface area (Å²) in [6.45, 7) is 2.78. The third-order valence-corrected chi connectivity index (χ3v) is 2.98. The lowest BCUT2D eigenvalue weighted by Gasteiger charge is -2.20. The van der Waals surface area contributed by atoms with E-state index in [9.17, 15) is 0 Å². The Kier molecular flexibility index (Phi) is 2.83. The van der Waals surface area contributed by atoms with Gasteiger partial charge in [0.25, 0.3) is 0 Å². The zero-order chi connectivity index (χ0) is 10.8. The fraction of sp³-hybridized carbons (Fsp3) is 0.400. The van der Waals surface area contributed by atoms with Crippen molar-refractivity contribution in [1.82, 2.24) is 9.97 Å². The van der Waals surface area contributed by atoms with Crippen LogP contribution < -0.4 is 10.6 Å². The third kappa shape index (κ3) is 2.08. The highest BCUT2D eigenvalue weighted by Gasteiger charge is 2.10. The lowest BCUT2D eigenvalue weighted by atomic mass is 10.3. The molecule has 4 nitrogen and oxygen atoms in total. The molecule has 0 aliphatic heterocycles. The Morgan fingerprint density at radius 3 is 3.07 bits per heavy atom. The van der Waals surface area contributed by atoms with E-state index in [1.807, 2.05) is 25.4 Å². The average Bonchev–Trinajstić information content (AvgIpc) is 2.63. The maximum absolute atomic E-state index is 5.77. The van der Waals surface area contributed by atoms with Gasteiger partial charge < -0.3 is 10.6 Å². The highest BCUT2D eigenvalue weighted by Crippen LogP contribution is 2.25. The molecule has 0 spiro atoms. The number of fused-ring (bicyclic) bond motifs is 1.